The molecule has 146 valence electrons. The average molecular weight is 380 g/mol. The van der Waals surface area contributed by atoms with E-state index >= 15 is 0 Å². The lowest BCUT2D eigenvalue weighted by atomic mass is 10.2. The van der Waals surface area contributed by atoms with Crippen LogP contribution in [-0.4, -0.2) is 38.2 Å². The summed E-state index contributed by atoms with van der Waals surface area (Å²) in [5.41, 5.74) is 1.43. The molecule has 1 saturated heterocycles. The molecule has 8 heteroatoms. The molecule has 0 aliphatic carbocycles. The largest absolute Gasteiger partial charge is 0.356 e. The van der Waals surface area contributed by atoms with Crippen LogP contribution in [0.1, 0.15) is 31.2 Å². The highest BCUT2D eigenvalue weighted by Gasteiger charge is 2.15. The molecule has 8 nitrogen and oxygen atoms in total. The SMILES string of the molecule is Cc1ccc(NC(=O)Cn2nc3nc(N4CCCCCC4)ccn3c2=O)cc1. The second-order valence-corrected chi connectivity index (χ2v) is 7.21. The molecule has 0 atom stereocenters. The van der Waals surface area contributed by atoms with Crippen LogP contribution in [0.4, 0.5) is 11.5 Å². The molecule has 1 N–H and O–H groups in total. The Labute approximate surface area is 162 Å². The summed E-state index contributed by atoms with van der Waals surface area (Å²) in [5, 5.41) is 7.04. The number of rotatable bonds is 4. The lowest BCUT2D eigenvalue weighted by molar-refractivity contribution is -0.117. The van der Waals surface area contributed by atoms with Crippen molar-refractivity contribution in [2.45, 2.75) is 39.2 Å². The molecule has 0 bridgehead atoms. The number of nitrogens with zero attached hydrogens (tertiary/aromatic N) is 5. The van der Waals surface area contributed by atoms with E-state index in [9.17, 15) is 9.59 Å². The normalized spacial score (nSPS) is 14.8. The highest BCUT2D eigenvalue weighted by atomic mass is 16.2. The fourth-order valence-electron chi connectivity index (χ4n) is 3.45. The van der Waals surface area contributed by atoms with Crippen molar-refractivity contribution in [2.75, 3.05) is 23.3 Å². The van der Waals surface area contributed by atoms with Gasteiger partial charge in [0.15, 0.2) is 0 Å². The number of hydrogen-bond acceptors (Lipinski definition) is 5. The van der Waals surface area contributed by atoms with Crippen molar-refractivity contribution in [1.82, 2.24) is 19.2 Å². The molecular weight excluding hydrogens is 356 g/mol. The number of hydrogen-bond donors (Lipinski definition) is 1. The van der Waals surface area contributed by atoms with Gasteiger partial charge in [0.2, 0.25) is 5.91 Å². The van der Waals surface area contributed by atoms with Crippen molar-refractivity contribution in [2.24, 2.45) is 0 Å². The quantitative estimate of drug-likeness (QED) is 0.750. The third-order valence-electron chi connectivity index (χ3n) is 5.00. The zero-order valence-electron chi connectivity index (χ0n) is 16.0. The number of amides is 1. The highest BCUT2D eigenvalue weighted by Crippen LogP contribution is 2.17. The van der Waals surface area contributed by atoms with E-state index in [1.807, 2.05) is 37.3 Å². The van der Waals surface area contributed by atoms with Gasteiger partial charge in [-0.25, -0.2) is 13.9 Å². The second kappa shape index (κ2) is 7.84. The van der Waals surface area contributed by atoms with Crippen LogP contribution in [0.25, 0.3) is 5.78 Å². The number of aromatic nitrogens is 4. The van der Waals surface area contributed by atoms with Gasteiger partial charge in [-0.1, -0.05) is 30.5 Å². The van der Waals surface area contributed by atoms with Crippen molar-refractivity contribution in [3.8, 4) is 0 Å². The Morgan fingerprint density at radius 1 is 1.07 bits per heavy atom. The maximum atomic E-state index is 12.5. The van der Waals surface area contributed by atoms with Gasteiger partial charge in [0.05, 0.1) is 0 Å². The van der Waals surface area contributed by atoms with Crippen molar-refractivity contribution < 1.29 is 4.79 Å². The molecule has 1 aliphatic heterocycles. The smallest absolute Gasteiger partial charge is 0.352 e. The number of fused-ring (bicyclic) bond motifs is 1. The predicted octanol–water partition coefficient (Wildman–Crippen LogP) is 2.22. The van der Waals surface area contributed by atoms with Gasteiger partial charge in [0.25, 0.3) is 5.78 Å². The van der Waals surface area contributed by atoms with Crippen molar-refractivity contribution in [3.05, 3.63) is 52.6 Å². The standard InChI is InChI=1S/C20H24N6O2/c1-15-6-8-16(9-7-15)21-18(27)14-26-20(28)25-13-10-17(22-19(25)23-26)24-11-4-2-3-5-12-24/h6-10,13H,2-5,11-12,14H2,1H3,(H,21,27). The first-order valence-corrected chi connectivity index (χ1v) is 9.68. The summed E-state index contributed by atoms with van der Waals surface area (Å²) in [5.74, 6) is 0.840. The summed E-state index contributed by atoms with van der Waals surface area (Å²) in [7, 11) is 0. The maximum absolute atomic E-state index is 12.5. The third-order valence-corrected chi connectivity index (χ3v) is 5.00. The van der Waals surface area contributed by atoms with Crippen LogP contribution in [0, 0.1) is 6.92 Å². The van der Waals surface area contributed by atoms with Crippen molar-refractivity contribution in [3.63, 3.8) is 0 Å². The summed E-state index contributed by atoms with van der Waals surface area (Å²) in [6.45, 7) is 3.75. The first-order valence-electron chi connectivity index (χ1n) is 9.68. The molecule has 3 heterocycles. The molecule has 4 rings (SSSR count). The van der Waals surface area contributed by atoms with E-state index in [2.05, 4.69) is 20.3 Å². The van der Waals surface area contributed by atoms with Crippen LogP contribution in [0.15, 0.2) is 41.3 Å². The Kier molecular flexibility index (Phi) is 5.10. The van der Waals surface area contributed by atoms with Crippen LogP contribution < -0.4 is 15.9 Å². The van der Waals surface area contributed by atoms with E-state index in [-0.39, 0.29) is 18.1 Å². The molecule has 0 spiro atoms. The lowest BCUT2D eigenvalue weighted by Gasteiger charge is -2.20. The summed E-state index contributed by atoms with van der Waals surface area (Å²) < 4.78 is 2.53. The van der Waals surface area contributed by atoms with E-state index in [4.69, 9.17) is 0 Å². The van der Waals surface area contributed by atoms with Gasteiger partial charge in [-0.05, 0) is 38.0 Å². The minimum absolute atomic E-state index is 0.158. The zero-order valence-corrected chi connectivity index (χ0v) is 16.0. The first-order chi connectivity index (χ1) is 13.6. The topological polar surface area (TPSA) is 84.5 Å². The summed E-state index contributed by atoms with van der Waals surface area (Å²) in [6, 6.07) is 9.34. The van der Waals surface area contributed by atoms with Crippen LogP contribution in [0.2, 0.25) is 0 Å². The molecule has 0 radical (unpaired) electrons. The van der Waals surface area contributed by atoms with Gasteiger partial charge < -0.3 is 10.2 Å². The molecule has 28 heavy (non-hydrogen) atoms. The minimum atomic E-state index is -0.371. The van der Waals surface area contributed by atoms with Crippen LogP contribution >= 0.6 is 0 Å². The van der Waals surface area contributed by atoms with Gasteiger partial charge in [-0.2, -0.15) is 4.98 Å². The van der Waals surface area contributed by atoms with E-state index in [0.29, 0.717) is 11.5 Å². The lowest BCUT2D eigenvalue weighted by Crippen LogP contribution is -2.28. The maximum Gasteiger partial charge on any atom is 0.352 e. The molecule has 1 aromatic carbocycles. The van der Waals surface area contributed by atoms with E-state index in [1.165, 1.54) is 17.2 Å². The number of nitrogens with one attached hydrogen (secondary N) is 1. The molecular formula is C20H24N6O2. The zero-order chi connectivity index (χ0) is 19.5. The Bertz CT molecular complexity index is 1030. The molecule has 1 aliphatic rings. The Hall–Kier alpha value is -3.16. The molecule has 2 aromatic heterocycles. The summed E-state index contributed by atoms with van der Waals surface area (Å²) in [6.07, 6.45) is 6.46. The average Bonchev–Trinajstić information content (AvgIpc) is 2.87. The number of aryl methyl sites for hydroxylation is 1. The van der Waals surface area contributed by atoms with E-state index in [1.54, 1.807) is 6.20 Å². The van der Waals surface area contributed by atoms with Crippen LogP contribution in [-0.2, 0) is 11.3 Å². The fraction of sp³-hybridized carbons (Fsp3) is 0.400. The number of anilines is 2. The Balaban J connectivity index is 1.52. The third kappa shape index (κ3) is 3.90. The number of carbonyl (C=O) groups excluding carboxylic acids is 1. The Morgan fingerprint density at radius 2 is 1.79 bits per heavy atom. The predicted molar refractivity (Wildman–Crippen MR) is 108 cm³/mol. The summed E-state index contributed by atoms with van der Waals surface area (Å²) >= 11 is 0. The fourth-order valence-corrected chi connectivity index (χ4v) is 3.45. The van der Waals surface area contributed by atoms with Gasteiger partial charge >= 0.3 is 5.69 Å². The summed E-state index contributed by atoms with van der Waals surface area (Å²) in [4.78, 5) is 31.6. The van der Waals surface area contributed by atoms with Crippen molar-refractivity contribution in [1.29, 1.82) is 0 Å². The van der Waals surface area contributed by atoms with Gasteiger partial charge in [-0.3, -0.25) is 4.79 Å². The minimum Gasteiger partial charge on any atom is -0.356 e. The second-order valence-electron chi connectivity index (χ2n) is 7.21. The monoisotopic (exact) mass is 380 g/mol. The number of benzene rings is 1. The van der Waals surface area contributed by atoms with Gasteiger partial charge in [-0.15, -0.1) is 5.10 Å². The van der Waals surface area contributed by atoms with E-state index in [0.717, 1.165) is 42.0 Å². The van der Waals surface area contributed by atoms with Crippen molar-refractivity contribution >= 4 is 23.2 Å². The molecule has 0 unspecified atom stereocenters. The molecule has 1 amide bonds. The first kappa shape index (κ1) is 18.2. The van der Waals surface area contributed by atoms with Gasteiger partial charge in [0.1, 0.15) is 12.4 Å². The number of carbonyl (C=O) groups is 1. The van der Waals surface area contributed by atoms with Crippen LogP contribution in [0.3, 0.4) is 0 Å². The molecule has 0 saturated carbocycles. The Morgan fingerprint density at radius 3 is 2.50 bits per heavy atom. The van der Waals surface area contributed by atoms with E-state index < -0.39 is 0 Å². The highest BCUT2D eigenvalue weighted by molar-refractivity contribution is 5.90. The van der Waals surface area contributed by atoms with Gasteiger partial charge in [0, 0.05) is 25.0 Å². The van der Waals surface area contributed by atoms with Crippen LogP contribution in [0.5, 0.6) is 0 Å². The molecule has 1 fully saturated rings. The molecule has 3 aromatic rings.